The molecule has 0 spiro atoms. The molecule has 1 amide bonds. The largest absolute Gasteiger partial charge is 0.461 e. The standard InChI is InChI=1S/C25H28N2O3/c1-5-30-25(29)23-17(2)22(19(4)27(23)16-20-12-8-6-9-13-20)24(28)26-18(3)21-14-10-7-11-15-21/h6-15,18H,5,16H2,1-4H3,(H,26,28). The molecule has 0 aliphatic heterocycles. The van der Waals surface area contributed by atoms with Gasteiger partial charge in [-0.1, -0.05) is 60.7 Å². The third-order valence-electron chi connectivity index (χ3n) is 5.29. The van der Waals surface area contributed by atoms with E-state index in [1.807, 2.05) is 86.0 Å². The Labute approximate surface area is 177 Å². The number of benzene rings is 2. The molecule has 1 heterocycles. The molecule has 0 aliphatic rings. The second-order valence-corrected chi connectivity index (χ2v) is 7.33. The van der Waals surface area contributed by atoms with Crippen LogP contribution < -0.4 is 5.32 Å². The number of carbonyl (C=O) groups is 2. The van der Waals surface area contributed by atoms with E-state index in [1.165, 1.54) is 0 Å². The minimum atomic E-state index is -0.413. The average molecular weight is 405 g/mol. The van der Waals surface area contributed by atoms with Crippen molar-refractivity contribution in [1.29, 1.82) is 0 Å². The van der Waals surface area contributed by atoms with Crippen LogP contribution in [0.5, 0.6) is 0 Å². The van der Waals surface area contributed by atoms with Crippen LogP contribution in [0.3, 0.4) is 0 Å². The molecule has 0 aliphatic carbocycles. The van der Waals surface area contributed by atoms with Gasteiger partial charge in [-0.3, -0.25) is 4.79 Å². The van der Waals surface area contributed by atoms with E-state index < -0.39 is 5.97 Å². The van der Waals surface area contributed by atoms with Gasteiger partial charge in [0.1, 0.15) is 5.69 Å². The summed E-state index contributed by atoms with van der Waals surface area (Å²) in [5.74, 6) is -0.608. The van der Waals surface area contributed by atoms with Crippen LogP contribution in [-0.4, -0.2) is 23.1 Å². The summed E-state index contributed by atoms with van der Waals surface area (Å²) in [5.41, 5.74) is 4.41. The maximum absolute atomic E-state index is 13.2. The Kier molecular flexibility index (Phi) is 6.72. The first-order valence-corrected chi connectivity index (χ1v) is 10.2. The van der Waals surface area contributed by atoms with E-state index in [-0.39, 0.29) is 18.6 Å². The van der Waals surface area contributed by atoms with E-state index in [1.54, 1.807) is 6.92 Å². The molecule has 5 nitrogen and oxygen atoms in total. The quantitative estimate of drug-likeness (QED) is 0.574. The molecule has 3 rings (SSSR count). The third kappa shape index (κ3) is 4.46. The lowest BCUT2D eigenvalue weighted by molar-refractivity contribution is 0.0513. The smallest absolute Gasteiger partial charge is 0.355 e. The molecule has 3 aromatic rings. The summed E-state index contributed by atoms with van der Waals surface area (Å²) in [7, 11) is 0. The zero-order valence-electron chi connectivity index (χ0n) is 17.9. The van der Waals surface area contributed by atoms with Gasteiger partial charge in [-0.05, 0) is 44.4 Å². The van der Waals surface area contributed by atoms with Crippen molar-refractivity contribution >= 4 is 11.9 Å². The van der Waals surface area contributed by atoms with Crippen LogP contribution in [0.2, 0.25) is 0 Å². The van der Waals surface area contributed by atoms with Gasteiger partial charge in [0.25, 0.3) is 5.91 Å². The molecule has 1 N–H and O–H groups in total. The van der Waals surface area contributed by atoms with Crippen molar-refractivity contribution in [3.8, 4) is 0 Å². The minimum Gasteiger partial charge on any atom is -0.461 e. The van der Waals surface area contributed by atoms with Crippen LogP contribution in [0.1, 0.15) is 63.1 Å². The molecule has 2 aromatic carbocycles. The molecular weight excluding hydrogens is 376 g/mol. The number of aromatic nitrogens is 1. The third-order valence-corrected chi connectivity index (χ3v) is 5.29. The van der Waals surface area contributed by atoms with Gasteiger partial charge >= 0.3 is 5.97 Å². The van der Waals surface area contributed by atoms with Gasteiger partial charge in [0, 0.05) is 12.2 Å². The fourth-order valence-electron chi connectivity index (χ4n) is 3.75. The number of nitrogens with zero attached hydrogens (tertiary/aromatic N) is 1. The first-order chi connectivity index (χ1) is 14.4. The summed E-state index contributed by atoms with van der Waals surface area (Å²) in [5, 5.41) is 3.07. The monoisotopic (exact) mass is 404 g/mol. The zero-order valence-corrected chi connectivity index (χ0v) is 17.9. The van der Waals surface area contributed by atoms with E-state index >= 15 is 0 Å². The Hall–Kier alpha value is -3.34. The fourth-order valence-corrected chi connectivity index (χ4v) is 3.75. The minimum absolute atomic E-state index is 0.152. The number of carbonyl (C=O) groups excluding carboxylic acids is 2. The predicted molar refractivity (Wildman–Crippen MR) is 118 cm³/mol. The summed E-state index contributed by atoms with van der Waals surface area (Å²) in [6.07, 6.45) is 0. The van der Waals surface area contributed by atoms with Crippen molar-refractivity contribution in [1.82, 2.24) is 9.88 Å². The molecule has 156 valence electrons. The zero-order chi connectivity index (χ0) is 21.7. The second kappa shape index (κ2) is 9.44. The predicted octanol–water partition coefficient (Wildman–Crippen LogP) is 4.82. The van der Waals surface area contributed by atoms with Gasteiger partial charge in [0.2, 0.25) is 0 Å². The highest BCUT2D eigenvalue weighted by molar-refractivity contribution is 6.01. The molecule has 5 heteroatoms. The Balaban J connectivity index is 1.98. The molecule has 0 bridgehead atoms. The van der Waals surface area contributed by atoms with Crippen LogP contribution in [0.25, 0.3) is 0 Å². The van der Waals surface area contributed by atoms with E-state index in [4.69, 9.17) is 4.74 Å². The van der Waals surface area contributed by atoms with Crippen LogP contribution in [0.15, 0.2) is 60.7 Å². The molecule has 1 atom stereocenters. The first kappa shape index (κ1) is 21.4. The molecule has 30 heavy (non-hydrogen) atoms. The number of amides is 1. The van der Waals surface area contributed by atoms with Gasteiger partial charge in [-0.15, -0.1) is 0 Å². The lowest BCUT2D eigenvalue weighted by atomic mass is 10.1. The molecule has 1 unspecified atom stereocenters. The Morgan fingerprint density at radius 3 is 2.20 bits per heavy atom. The average Bonchev–Trinajstić information content (AvgIpc) is 2.99. The highest BCUT2D eigenvalue weighted by Gasteiger charge is 2.28. The summed E-state index contributed by atoms with van der Waals surface area (Å²) in [6.45, 7) is 8.18. The van der Waals surface area contributed by atoms with E-state index in [2.05, 4.69) is 5.32 Å². The highest BCUT2D eigenvalue weighted by atomic mass is 16.5. The highest BCUT2D eigenvalue weighted by Crippen LogP contribution is 2.25. The van der Waals surface area contributed by atoms with Crippen molar-refractivity contribution in [3.63, 3.8) is 0 Å². The van der Waals surface area contributed by atoms with Crippen molar-refractivity contribution in [3.05, 3.63) is 94.3 Å². The maximum Gasteiger partial charge on any atom is 0.355 e. The molecule has 0 saturated heterocycles. The molecular formula is C25H28N2O3. The first-order valence-electron chi connectivity index (χ1n) is 10.2. The van der Waals surface area contributed by atoms with E-state index in [0.717, 1.165) is 16.8 Å². The van der Waals surface area contributed by atoms with Gasteiger partial charge in [-0.25, -0.2) is 4.79 Å². The summed E-state index contributed by atoms with van der Waals surface area (Å²) < 4.78 is 7.17. The normalized spacial score (nSPS) is 11.7. The second-order valence-electron chi connectivity index (χ2n) is 7.33. The topological polar surface area (TPSA) is 60.3 Å². The van der Waals surface area contributed by atoms with Gasteiger partial charge in [0.05, 0.1) is 18.2 Å². The van der Waals surface area contributed by atoms with Crippen LogP contribution in [0, 0.1) is 13.8 Å². The Bertz CT molecular complexity index is 1020. The Morgan fingerprint density at radius 1 is 1.00 bits per heavy atom. The fraction of sp³-hybridized carbons (Fsp3) is 0.280. The van der Waals surface area contributed by atoms with E-state index in [0.29, 0.717) is 23.4 Å². The van der Waals surface area contributed by atoms with E-state index in [9.17, 15) is 9.59 Å². The number of hydrogen-bond acceptors (Lipinski definition) is 3. The number of nitrogens with one attached hydrogen (secondary N) is 1. The summed E-state index contributed by atoms with van der Waals surface area (Å²) in [4.78, 5) is 25.9. The van der Waals surface area contributed by atoms with Crippen molar-refractivity contribution < 1.29 is 14.3 Å². The Morgan fingerprint density at radius 2 is 1.60 bits per heavy atom. The van der Waals surface area contributed by atoms with Gasteiger partial charge < -0.3 is 14.6 Å². The maximum atomic E-state index is 13.2. The van der Waals surface area contributed by atoms with Crippen LogP contribution in [0.4, 0.5) is 0 Å². The van der Waals surface area contributed by atoms with Crippen molar-refractivity contribution in [2.24, 2.45) is 0 Å². The lowest BCUT2D eigenvalue weighted by Crippen LogP contribution is -2.27. The van der Waals surface area contributed by atoms with Crippen LogP contribution >= 0.6 is 0 Å². The molecule has 0 saturated carbocycles. The molecule has 0 radical (unpaired) electrons. The van der Waals surface area contributed by atoms with Gasteiger partial charge in [0.15, 0.2) is 0 Å². The van der Waals surface area contributed by atoms with Crippen molar-refractivity contribution in [2.75, 3.05) is 6.61 Å². The number of rotatable bonds is 7. The SMILES string of the molecule is CCOC(=O)c1c(C)c(C(=O)NC(C)c2ccccc2)c(C)n1Cc1ccccc1. The van der Waals surface area contributed by atoms with Crippen LogP contribution in [-0.2, 0) is 11.3 Å². The summed E-state index contributed by atoms with van der Waals surface area (Å²) >= 11 is 0. The molecule has 1 aromatic heterocycles. The summed E-state index contributed by atoms with van der Waals surface area (Å²) in [6, 6.07) is 19.5. The number of ether oxygens (including phenoxy) is 1. The number of hydrogen-bond donors (Lipinski definition) is 1. The lowest BCUT2D eigenvalue weighted by Gasteiger charge is -2.15. The van der Waals surface area contributed by atoms with Crippen molar-refractivity contribution in [2.45, 2.75) is 40.3 Å². The number of esters is 1. The molecule has 0 fully saturated rings. The van der Waals surface area contributed by atoms with Gasteiger partial charge in [-0.2, -0.15) is 0 Å².